The van der Waals surface area contributed by atoms with Crippen molar-refractivity contribution in [3.8, 4) is 0 Å². The lowest BCUT2D eigenvalue weighted by Gasteiger charge is -2.14. The summed E-state index contributed by atoms with van der Waals surface area (Å²) in [6, 6.07) is 8.65. The van der Waals surface area contributed by atoms with Crippen LogP contribution in [-0.2, 0) is 11.2 Å². The first kappa shape index (κ1) is 13.6. The molecule has 1 N–H and O–H groups in total. The van der Waals surface area contributed by atoms with E-state index in [1.165, 1.54) is 30.4 Å². The Bertz CT molecular complexity index is 566. The third-order valence-electron chi connectivity index (χ3n) is 5.85. The molecule has 2 nitrogen and oxygen atoms in total. The van der Waals surface area contributed by atoms with Crippen molar-refractivity contribution in [1.29, 1.82) is 0 Å². The van der Waals surface area contributed by atoms with E-state index in [0.29, 0.717) is 23.1 Å². The summed E-state index contributed by atoms with van der Waals surface area (Å²) in [5.74, 6) is 2.28. The minimum atomic E-state index is 0.223. The highest BCUT2D eigenvalue weighted by Crippen LogP contribution is 2.60. The monoisotopic (exact) mass is 303 g/mol. The minimum Gasteiger partial charge on any atom is -0.355 e. The summed E-state index contributed by atoms with van der Waals surface area (Å²) in [6.07, 6.45) is 5.79. The van der Waals surface area contributed by atoms with Crippen molar-refractivity contribution < 1.29 is 4.79 Å². The Morgan fingerprint density at radius 1 is 1.33 bits per heavy atom. The topological polar surface area (TPSA) is 29.1 Å². The number of carbonyl (C=O) groups is 1. The average Bonchev–Trinajstić information content (AvgIpc) is 3.40. The second kappa shape index (κ2) is 5.01. The van der Waals surface area contributed by atoms with E-state index < -0.39 is 0 Å². The van der Waals surface area contributed by atoms with Gasteiger partial charge in [-0.1, -0.05) is 24.3 Å². The number of nitrogens with one attached hydrogen (secondary N) is 1. The first-order valence-corrected chi connectivity index (χ1v) is 8.69. The fourth-order valence-electron chi connectivity index (χ4n) is 4.21. The Kier molecular flexibility index (Phi) is 3.25. The summed E-state index contributed by atoms with van der Waals surface area (Å²) in [7, 11) is 0. The number of aryl methyl sites for hydroxylation is 1. The van der Waals surface area contributed by atoms with Gasteiger partial charge in [0.2, 0.25) is 5.91 Å². The van der Waals surface area contributed by atoms with Gasteiger partial charge in [-0.3, -0.25) is 4.79 Å². The second-order valence-electron chi connectivity index (χ2n) is 7.11. The Morgan fingerprint density at radius 3 is 2.90 bits per heavy atom. The summed E-state index contributed by atoms with van der Waals surface area (Å²) in [5, 5.41) is 3.22. The van der Waals surface area contributed by atoms with Gasteiger partial charge in [0, 0.05) is 18.3 Å². The standard InChI is InChI=1S/C18H22ClNO/c19-10-9-18(7-8-18)11-20-17(21)16-14-6-5-12-3-1-2-4-13(12)15(14)16/h1-4,14-16H,5-11H2,(H,20,21). The van der Waals surface area contributed by atoms with Gasteiger partial charge in [-0.15, -0.1) is 11.6 Å². The third kappa shape index (κ3) is 2.38. The van der Waals surface area contributed by atoms with Crippen LogP contribution in [0.5, 0.6) is 0 Å². The Morgan fingerprint density at radius 2 is 2.14 bits per heavy atom. The largest absolute Gasteiger partial charge is 0.355 e. The predicted molar refractivity (Wildman–Crippen MR) is 84.5 cm³/mol. The number of benzene rings is 1. The van der Waals surface area contributed by atoms with E-state index in [-0.39, 0.29) is 11.8 Å². The highest BCUT2D eigenvalue weighted by atomic mass is 35.5. The van der Waals surface area contributed by atoms with Gasteiger partial charge in [0.05, 0.1) is 0 Å². The fourth-order valence-corrected chi connectivity index (χ4v) is 4.61. The van der Waals surface area contributed by atoms with Crippen LogP contribution in [0.15, 0.2) is 24.3 Å². The van der Waals surface area contributed by atoms with Crippen molar-refractivity contribution >= 4 is 17.5 Å². The maximum Gasteiger partial charge on any atom is 0.224 e. The van der Waals surface area contributed by atoms with Crippen LogP contribution in [0.3, 0.4) is 0 Å². The van der Waals surface area contributed by atoms with E-state index in [1.807, 2.05) is 0 Å². The van der Waals surface area contributed by atoms with Gasteiger partial charge in [0.15, 0.2) is 0 Å². The highest BCUT2D eigenvalue weighted by Gasteiger charge is 2.57. The lowest BCUT2D eigenvalue weighted by molar-refractivity contribution is -0.123. The Labute approximate surface area is 131 Å². The van der Waals surface area contributed by atoms with Crippen LogP contribution in [0, 0.1) is 17.3 Å². The van der Waals surface area contributed by atoms with E-state index in [9.17, 15) is 4.79 Å². The van der Waals surface area contributed by atoms with E-state index in [4.69, 9.17) is 11.6 Å². The van der Waals surface area contributed by atoms with Gasteiger partial charge in [0.1, 0.15) is 0 Å². The smallest absolute Gasteiger partial charge is 0.224 e. The summed E-state index contributed by atoms with van der Waals surface area (Å²) in [6.45, 7) is 0.830. The average molecular weight is 304 g/mol. The molecule has 0 aliphatic heterocycles. The van der Waals surface area contributed by atoms with Crippen LogP contribution < -0.4 is 5.32 Å². The quantitative estimate of drug-likeness (QED) is 0.829. The van der Waals surface area contributed by atoms with Gasteiger partial charge in [0.25, 0.3) is 0 Å². The van der Waals surface area contributed by atoms with Gasteiger partial charge >= 0.3 is 0 Å². The van der Waals surface area contributed by atoms with E-state index in [1.54, 1.807) is 0 Å². The number of hydrogen-bond donors (Lipinski definition) is 1. The number of carbonyl (C=O) groups excluding carboxylic acids is 1. The molecule has 3 heteroatoms. The number of hydrogen-bond acceptors (Lipinski definition) is 1. The van der Waals surface area contributed by atoms with Crippen molar-refractivity contribution in [2.24, 2.45) is 17.3 Å². The van der Waals surface area contributed by atoms with Gasteiger partial charge in [-0.05, 0) is 60.5 Å². The zero-order chi connectivity index (χ0) is 14.4. The molecular weight excluding hydrogens is 282 g/mol. The molecule has 0 radical (unpaired) electrons. The minimum absolute atomic E-state index is 0.223. The molecule has 0 aromatic heterocycles. The van der Waals surface area contributed by atoms with Crippen LogP contribution >= 0.6 is 11.6 Å². The maximum absolute atomic E-state index is 12.5. The molecule has 1 aromatic carbocycles. The molecule has 2 saturated carbocycles. The zero-order valence-corrected chi connectivity index (χ0v) is 13.0. The van der Waals surface area contributed by atoms with Crippen LogP contribution in [0.4, 0.5) is 0 Å². The summed E-state index contributed by atoms with van der Waals surface area (Å²) >= 11 is 5.86. The molecule has 0 spiro atoms. The van der Waals surface area contributed by atoms with Crippen LogP contribution in [0.2, 0.25) is 0 Å². The Hall–Kier alpha value is -1.02. The summed E-state index contributed by atoms with van der Waals surface area (Å²) in [4.78, 5) is 12.5. The molecule has 0 heterocycles. The van der Waals surface area contributed by atoms with Crippen molar-refractivity contribution in [2.75, 3.05) is 12.4 Å². The number of alkyl halides is 1. The molecule has 3 unspecified atom stereocenters. The molecule has 21 heavy (non-hydrogen) atoms. The molecular formula is C18H22ClNO. The molecule has 1 amide bonds. The van der Waals surface area contributed by atoms with Crippen molar-refractivity contribution in [1.82, 2.24) is 5.32 Å². The van der Waals surface area contributed by atoms with Gasteiger partial charge in [-0.25, -0.2) is 0 Å². The molecule has 3 aliphatic carbocycles. The predicted octanol–water partition coefficient (Wildman–Crippen LogP) is 3.49. The van der Waals surface area contributed by atoms with Gasteiger partial charge in [-0.2, -0.15) is 0 Å². The molecule has 3 aliphatic rings. The number of amides is 1. The zero-order valence-electron chi connectivity index (χ0n) is 12.3. The van der Waals surface area contributed by atoms with Crippen molar-refractivity contribution in [3.63, 3.8) is 0 Å². The Balaban J connectivity index is 1.40. The van der Waals surface area contributed by atoms with Crippen molar-refractivity contribution in [3.05, 3.63) is 35.4 Å². The van der Waals surface area contributed by atoms with Crippen LogP contribution in [0.25, 0.3) is 0 Å². The summed E-state index contributed by atoms with van der Waals surface area (Å²) < 4.78 is 0. The first-order valence-electron chi connectivity index (χ1n) is 8.16. The highest BCUT2D eigenvalue weighted by molar-refractivity contribution is 6.17. The molecule has 112 valence electrons. The van der Waals surface area contributed by atoms with E-state index >= 15 is 0 Å². The van der Waals surface area contributed by atoms with E-state index in [2.05, 4.69) is 29.6 Å². The van der Waals surface area contributed by atoms with Crippen molar-refractivity contribution in [2.45, 2.75) is 38.0 Å². The third-order valence-corrected chi connectivity index (χ3v) is 6.04. The van der Waals surface area contributed by atoms with Crippen LogP contribution in [0.1, 0.15) is 42.7 Å². The first-order chi connectivity index (χ1) is 10.2. The fraction of sp³-hybridized carbons (Fsp3) is 0.611. The molecule has 3 atom stereocenters. The lowest BCUT2D eigenvalue weighted by Crippen LogP contribution is -2.32. The lowest BCUT2D eigenvalue weighted by atomic mass is 9.92. The second-order valence-corrected chi connectivity index (χ2v) is 7.49. The SMILES string of the molecule is O=C(NCC1(CCCl)CC1)C1C2CCc3ccccc3C21. The number of halogens is 1. The molecule has 0 saturated heterocycles. The molecule has 2 fully saturated rings. The van der Waals surface area contributed by atoms with Gasteiger partial charge < -0.3 is 5.32 Å². The molecule has 1 aromatic rings. The number of fused-ring (bicyclic) bond motifs is 3. The molecule has 4 rings (SSSR count). The maximum atomic E-state index is 12.5. The molecule has 0 bridgehead atoms. The number of rotatable bonds is 5. The van der Waals surface area contributed by atoms with E-state index in [0.717, 1.165) is 19.4 Å². The normalized spacial score (nSPS) is 31.0. The van der Waals surface area contributed by atoms with Crippen LogP contribution in [-0.4, -0.2) is 18.3 Å². The summed E-state index contributed by atoms with van der Waals surface area (Å²) in [5.41, 5.74) is 3.21.